The van der Waals surface area contributed by atoms with Gasteiger partial charge in [0, 0.05) is 24.5 Å². The third-order valence-corrected chi connectivity index (χ3v) is 3.03. The van der Waals surface area contributed by atoms with Gasteiger partial charge >= 0.3 is 0 Å². The number of amides is 1. The maximum Gasteiger partial charge on any atom is 0.263 e. The number of hydrogen-bond acceptors (Lipinski definition) is 2. The first-order chi connectivity index (χ1) is 7.58. The molecule has 1 atom stereocenters. The van der Waals surface area contributed by atoms with E-state index in [0.717, 1.165) is 4.47 Å². The molecule has 1 heterocycles. The highest BCUT2D eigenvalue weighted by molar-refractivity contribution is 9.10. The van der Waals surface area contributed by atoms with Gasteiger partial charge in [-0.25, -0.2) is 4.39 Å². The number of likely N-dealkylation sites (tertiary alicyclic amines) is 1. The van der Waals surface area contributed by atoms with Crippen LogP contribution >= 0.6 is 15.9 Å². The topological polar surface area (TPSA) is 29.5 Å². The highest BCUT2D eigenvalue weighted by Gasteiger charge is 2.31. The monoisotopic (exact) mass is 287 g/mol. The van der Waals surface area contributed by atoms with Crippen LogP contribution < -0.4 is 4.74 Å². The van der Waals surface area contributed by atoms with E-state index in [-0.39, 0.29) is 11.7 Å². The Balaban J connectivity index is 2.15. The fourth-order valence-electron chi connectivity index (χ4n) is 1.62. The minimum atomic E-state index is -0.561. The molecule has 0 radical (unpaired) electrons. The lowest BCUT2D eigenvalue weighted by atomic mass is 10.3. The van der Waals surface area contributed by atoms with Gasteiger partial charge in [0.2, 0.25) is 0 Å². The summed E-state index contributed by atoms with van der Waals surface area (Å²) in [5.41, 5.74) is 0. The number of carbonyl (C=O) groups is 1. The molecule has 0 N–H and O–H groups in total. The first-order valence-corrected chi connectivity index (χ1v) is 5.74. The molecule has 3 nitrogen and oxygen atoms in total. The molecule has 2 rings (SSSR count). The van der Waals surface area contributed by atoms with E-state index in [1.54, 1.807) is 18.0 Å². The van der Waals surface area contributed by atoms with Crippen LogP contribution in [0.15, 0.2) is 22.7 Å². The van der Waals surface area contributed by atoms with E-state index < -0.39 is 11.9 Å². The summed E-state index contributed by atoms with van der Waals surface area (Å²) in [5.74, 6) is -0.437. The van der Waals surface area contributed by atoms with Crippen molar-refractivity contribution in [2.24, 2.45) is 0 Å². The zero-order valence-electron chi connectivity index (χ0n) is 8.74. The summed E-state index contributed by atoms with van der Waals surface area (Å²) >= 11 is 3.23. The van der Waals surface area contributed by atoms with Crippen molar-refractivity contribution in [3.63, 3.8) is 0 Å². The van der Waals surface area contributed by atoms with Gasteiger partial charge in [-0.15, -0.1) is 0 Å². The Kier molecular flexibility index (Phi) is 3.14. The standard InChI is InChI=1S/C11H11BrFNO2/c1-14-5-4-9(11(14)15)16-10-6-7(12)2-3-8(10)13/h2-3,6,9H,4-5H2,1H3. The van der Waals surface area contributed by atoms with E-state index in [1.165, 1.54) is 12.1 Å². The Labute approximate surface area is 101 Å². The van der Waals surface area contributed by atoms with Crippen LogP contribution in [0.2, 0.25) is 0 Å². The zero-order chi connectivity index (χ0) is 11.7. The fourth-order valence-corrected chi connectivity index (χ4v) is 1.96. The van der Waals surface area contributed by atoms with Crippen LogP contribution in [0.3, 0.4) is 0 Å². The Hall–Kier alpha value is -1.10. The number of hydrogen-bond donors (Lipinski definition) is 0. The molecular formula is C11H11BrFNO2. The minimum absolute atomic E-state index is 0.0978. The second kappa shape index (κ2) is 4.41. The average Bonchev–Trinajstić information content (AvgIpc) is 2.55. The molecule has 1 unspecified atom stereocenters. The summed E-state index contributed by atoms with van der Waals surface area (Å²) in [5, 5.41) is 0. The average molecular weight is 288 g/mol. The summed E-state index contributed by atoms with van der Waals surface area (Å²) in [6.07, 6.45) is 0.0372. The molecule has 0 bridgehead atoms. The van der Waals surface area contributed by atoms with E-state index in [4.69, 9.17) is 4.74 Å². The number of likely N-dealkylation sites (N-methyl/N-ethyl adjacent to an activating group) is 1. The fraction of sp³-hybridized carbons (Fsp3) is 0.364. The highest BCUT2D eigenvalue weighted by atomic mass is 79.9. The van der Waals surface area contributed by atoms with Gasteiger partial charge in [0.1, 0.15) is 0 Å². The summed E-state index contributed by atoms with van der Waals surface area (Å²) in [7, 11) is 1.71. The van der Waals surface area contributed by atoms with Crippen molar-refractivity contribution < 1.29 is 13.9 Å². The van der Waals surface area contributed by atoms with E-state index in [1.807, 2.05) is 0 Å². The predicted molar refractivity (Wildman–Crippen MR) is 60.8 cm³/mol. The maximum absolute atomic E-state index is 13.4. The highest BCUT2D eigenvalue weighted by Crippen LogP contribution is 2.25. The third-order valence-electron chi connectivity index (χ3n) is 2.54. The van der Waals surface area contributed by atoms with Crippen LogP contribution in [-0.4, -0.2) is 30.5 Å². The number of nitrogens with zero attached hydrogens (tertiary/aromatic N) is 1. The summed E-state index contributed by atoms with van der Waals surface area (Å²) < 4.78 is 19.5. The number of halogens is 2. The minimum Gasteiger partial charge on any atom is -0.477 e. The SMILES string of the molecule is CN1CCC(Oc2cc(Br)ccc2F)C1=O. The molecule has 0 spiro atoms. The molecule has 1 saturated heterocycles. The van der Waals surface area contributed by atoms with Crippen molar-refractivity contribution in [1.29, 1.82) is 0 Å². The van der Waals surface area contributed by atoms with Crippen LogP contribution in [0.4, 0.5) is 4.39 Å². The molecular weight excluding hydrogens is 277 g/mol. The van der Waals surface area contributed by atoms with Crippen LogP contribution in [0.1, 0.15) is 6.42 Å². The molecule has 16 heavy (non-hydrogen) atoms. The van der Waals surface area contributed by atoms with Crippen molar-refractivity contribution in [2.45, 2.75) is 12.5 Å². The Bertz CT molecular complexity index is 424. The predicted octanol–water partition coefficient (Wildman–Crippen LogP) is 2.20. The van der Waals surface area contributed by atoms with Gasteiger partial charge in [-0.1, -0.05) is 15.9 Å². The van der Waals surface area contributed by atoms with Gasteiger partial charge in [-0.3, -0.25) is 4.79 Å². The van der Waals surface area contributed by atoms with Crippen molar-refractivity contribution in [3.8, 4) is 5.75 Å². The molecule has 1 amide bonds. The van der Waals surface area contributed by atoms with Gasteiger partial charge in [-0.05, 0) is 18.2 Å². The lowest BCUT2D eigenvalue weighted by molar-refractivity contribution is -0.132. The van der Waals surface area contributed by atoms with Gasteiger partial charge in [0.05, 0.1) is 0 Å². The van der Waals surface area contributed by atoms with Crippen LogP contribution in [0.5, 0.6) is 5.75 Å². The Morgan fingerprint density at radius 2 is 2.31 bits per heavy atom. The first kappa shape index (κ1) is 11.4. The molecule has 1 fully saturated rings. The molecule has 86 valence electrons. The molecule has 0 aliphatic carbocycles. The van der Waals surface area contributed by atoms with Crippen molar-refractivity contribution in [3.05, 3.63) is 28.5 Å². The molecule has 1 aliphatic heterocycles. The Morgan fingerprint density at radius 3 is 2.94 bits per heavy atom. The largest absolute Gasteiger partial charge is 0.477 e. The second-order valence-electron chi connectivity index (χ2n) is 3.73. The van der Waals surface area contributed by atoms with E-state index in [9.17, 15) is 9.18 Å². The van der Waals surface area contributed by atoms with Crippen molar-refractivity contribution >= 4 is 21.8 Å². The van der Waals surface area contributed by atoms with Crippen LogP contribution in [0.25, 0.3) is 0 Å². The number of rotatable bonds is 2. The lowest BCUT2D eigenvalue weighted by Gasteiger charge is -2.13. The lowest BCUT2D eigenvalue weighted by Crippen LogP contribution is -2.29. The normalized spacial score (nSPS) is 20.3. The number of benzene rings is 1. The van der Waals surface area contributed by atoms with Gasteiger partial charge in [-0.2, -0.15) is 0 Å². The van der Waals surface area contributed by atoms with Gasteiger partial charge in [0.15, 0.2) is 17.7 Å². The molecule has 1 aliphatic rings. The first-order valence-electron chi connectivity index (χ1n) is 4.94. The van der Waals surface area contributed by atoms with Gasteiger partial charge in [0.25, 0.3) is 5.91 Å². The van der Waals surface area contributed by atoms with Crippen molar-refractivity contribution in [2.75, 3.05) is 13.6 Å². The second-order valence-corrected chi connectivity index (χ2v) is 4.65. The van der Waals surface area contributed by atoms with Crippen LogP contribution in [-0.2, 0) is 4.79 Å². The summed E-state index contributed by atoms with van der Waals surface area (Å²) in [6.45, 7) is 0.652. The van der Waals surface area contributed by atoms with Gasteiger partial charge < -0.3 is 9.64 Å². The van der Waals surface area contributed by atoms with E-state index in [0.29, 0.717) is 13.0 Å². The number of ether oxygens (including phenoxy) is 1. The third kappa shape index (κ3) is 2.19. The summed E-state index contributed by atoms with van der Waals surface area (Å²) in [4.78, 5) is 13.2. The number of carbonyl (C=O) groups excluding carboxylic acids is 1. The molecule has 1 aromatic rings. The zero-order valence-corrected chi connectivity index (χ0v) is 10.3. The van der Waals surface area contributed by atoms with E-state index >= 15 is 0 Å². The molecule has 5 heteroatoms. The quantitative estimate of drug-likeness (QED) is 0.835. The summed E-state index contributed by atoms with van der Waals surface area (Å²) in [6, 6.07) is 4.42. The smallest absolute Gasteiger partial charge is 0.263 e. The van der Waals surface area contributed by atoms with E-state index in [2.05, 4.69) is 15.9 Å². The maximum atomic E-state index is 13.4. The molecule has 0 saturated carbocycles. The molecule has 1 aromatic carbocycles. The van der Waals surface area contributed by atoms with Crippen LogP contribution in [0, 0.1) is 5.82 Å². The molecule has 0 aromatic heterocycles. The van der Waals surface area contributed by atoms with Crippen molar-refractivity contribution in [1.82, 2.24) is 4.90 Å². The Morgan fingerprint density at radius 1 is 1.56 bits per heavy atom.